The number of nitrogens with zero attached hydrogens (tertiary/aromatic N) is 1. The molecule has 0 radical (unpaired) electrons. The second-order valence-electron chi connectivity index (χ2n) is 3.54. The minimum absolute atomic E-state index is 0.141. The molecule has 0 saturated carbocycles. The van der Waals surface area contributed by atoms with Crippen molar-refractivity contribution in [2.45, 2.75) is 18.9 Å². The summed E-state index contributed by atoms with van der Waals surface area (Å²) in [5.41, 5.74) is 0.642. The van der Waals surface area contributed by atoms with Crippen LogP contribution < -0.4 is 5.32 Å². The molecule has 1 aromatic rings. The summed E-state index contributed by atoms with van der Waals surface area (Å²) < 4.78 is 0.718. The maximum Gasteiger partial charge on any atom is 0.303 e. The van der Waals surface area contributed by atoms with E-state index in [1.54, 1.807) is 24.3 Å². The van der Waals surface area contributed by atoms with E-state index in [1.165, 1.54) is 0 Å². The number of halogens is 1. The normalized spacial score (nSPS) is 11.3. The number of nitriles is 1. The van der Waals surface area contributed by atoms with Gasteiger partial charge in [-0.05, 0) is 6.07 Å². The van der Waals surface area contributed by atoms with Crippen LogP contribution in [-0.2, 0) is 9.59 Å². The zero-order valence-corrected chi connectivity index (χ0v) is 11.0. The summed E-state index contributed by atoms with van der Waals surface area (Å²) in [6.45, 7) is 0. The second kappa shape index (κ2) is 6.77. The number of carboxylic acid groups (broad SMARTS) is 1. The summed E-state index contributed by atoms with van der Waals surface area (Å²) in [4.78, 5) is 21.8. The third-order valence-electron chi connectivity index (χ3n) is 2.22. The summed E-state index contributed by atoms with van der Waals surface area (Å²) in [6, 6.07) is 8.22. The lowest BCUT2D eigenvalue weighted by Gasteiger charge is -2.13. The van der Waals surface area contributed by atoms with Crippen molar-refractivity contribution in [3.8, 4) is 6.07 Å². The maximum atomic E-state index is 11.5. The standard InChI is InChI=1S/C12H11BrN2O3/c13-9-4-2-1-3-8(9)10(7-14)15-11(16)5-6-12(17)18/h1-4,10H,5-6H2,(H,15,16)(H,17,18). The lowest BCUT2D eigenvalue weighted by atomic mass is 10.1. The first-order chi connectivity index (χ1) is 8.54. The average Bonchev–Trinajstić information content (AvgIpc) is 2.34. The van der Waals surface area contributed by atoms with Gasteiger partial charge in [0.15, 0.2) is 0 Å². The average molecular weight is 311 g/mol. The minimum atomic E-state index is -1.04. The Morgan fingerprint density at radius 3 is 2.61 bits per heavy atom. The van der Waals surface area contributed by atoms with Crippen LogP contribution >= 0.6 is 15.9 Å². The van der Waals surface area contributed by atoms with Gasteiger partial charge in [-0.15, -0.1) is 0 Å². The number of carbonyl (C=O) groups excluding carboxylic acids is 1. The highest BCUT2D eigenvalue weighted by atomic mass is 79.9. The van der Waals surface area contributed by atoms with E-state index in [9.17, 15) is 9.59 Å². The summed E-state index contributed by atoms with van der Waals surface area (Å²) in [6.07, 6.45) is -0.391. The first-order valence-corrected chi connectivity index (χ1v) is 5.99. The molecule has 0 bridgehead atoms. The van der Waals surface area contributed by atoms with Gasteiger partial charge in [0, 0.05) is 16.5 Å². The van der Waals surface area contributed by atoms with Crippen molar-refractivity contribution in [3.05, 3.63) is 34.3 Å². The topological polar surface area (TPSA) is 90.2 Å². The highest BCUT2D eigenvalue weighted by molar-refractivity contribution is 9.10. The third-order valence-corrected chi connectivity index (χ3v) is 2.94. The quantitative estimate of drug-likeness (QED) is 0.870. The molecule has 0 aliphatic carbocycles. The lowest BCUT2D eigenvalue weighted by molar-refractivity contribution is -0.138. The first kappa shape index (κ1) is 14.2. The summed E-state index contributed by atoms with van der Waals surface area (Å²) in [5, 5.41) is 20.0. The Kier molecular flexibility index (Phi) is 5.33. The molecular weight excluding hydrogens is 300 g/mol. The molecule has 0 aliphatic heterocycles. The number of nitrogens with one attached hydrogen (secondary N) is 1. The van der Waals surface area contributed by atoms with E-state index in [0.29, 0.717) is 5.56 Å². The zero-order valence-electron chi connectivity index (χ0n) is 9.39. The summed E-state index contributed by atoms with van der Waals surface area (Å²) in [7, 11) is 0. The van der Waals surface area contributed by atoms with Crippen molar-refractivity contribution in [1.82, 2.24) is 5.32 Å². The Hall–Kier alpha value is -1.87. The number of carboxylic acids is 1. The van der Waals surface area contributed by atoms with E-state index in [4.69, 9.17) is 10.4 Å². The Morgan fingerprint density at radius 1 is 1.39 bits per heavy atom. The smallest absolute Gasteiger partial charge is 0.303 e. The van der Waals surface area contributed by atoms with E-state index in [-0.39, 0.29) is 12.8 Å². The van der Waals surface area contributed by atoms with Gasteiger partial charge in [-0.3, -0.25) is 9.59 Å². The summed E-state index contributed by atoms with van der Waals surface area (Å²) in [5.74, 6) is -1.50. The van der Waals surface area contributed by atoms with Gasteiger partial charge >= 0.3 is 5.97 Å². The van der Waals surface area contributed by atoms with Crippen molar-refractivity contribution >= 4 is 27.8 Å². The molecule has 6 heteroatoms. The van der Waals surface area contributed by atoms with Crippen molar-refractivity contribution in [2.75, 3.05) is 0 Å². The maximum absolute atomic E-state index is 11.5. The van der Waals surface area contributed by atoms with E-state index >= 15 is 0 Å². The summed E-state index contributed by atoms with van der Waals surface area (Å²) >= 11 is 3.29. The molecule has 1 atom stereocenters. The zero-order chi connectivity index (χ0) is 13.5. The largest absolute Gasteiger partial charge is 0.481 e. The van der Waals surface area contributed by atoms with Crippen molar-refractivity contribution in [2.24, 2.45) is 0 Å². The minimum Gasteiger partial charge on any atom is -0.481 e. The number of amides is 1. The Bertz CT molecular complexity index is 496. The Balaban J connectivity index is 2.69. The Morgan fingerprint density at radius 2 is 2.06 bits per heavy atom. The van der Waals surface area contributed by atoms with E-state index in [0.717, 1.165) is 4.47 Å². The van der Waals surface area contributed by atoms with E-state index in [1.807, 2.05) is 6.07 Å². The van der Waals surface area contributed by atoms with Gasteiger partial charge in [0.25, 0.3) is 0 Å². The number of carbonyl (C=O) groups is 2. The van der Waals surface area contributed by atoms with Crippen LogP contribution in [0.15, 0.2) is 28.7 Å². The van der Waals surface area contributed by atoms with Crippen LogP contribution in [0.1, 0.15) is 24.4 Å². The molecule has 18 heavy (non-hydrogen) atoms. The third kappa shape index (κ3) is 4.18. The van der Waals surface area contributed by atoms with Gasteiger partial charge < -0.3 is 10.4 Å². The van der Waals surface area contributed by atoms with Crippen molar-refractivity contribution in [1.29, 1.82) is 5.26 Å². The first-order valence-electron chi connectivity index (χ1n) is 5.19. The van der Waals surface area contributed by atoms with Crippen molar-refractivity contribution < 1.29 is 14.7 Å². The fraction of sp³-hybridized carbons (Fsp3) is 0.250. The predicted octanol–water partition coefficient (Wildman–Crippen LogP) is 1.99. The Labute approximate surface area is 113 Å². The molecule has 94 valence electrons. The highest BCUT2D eigenvalue weighted by Crippen LogP contribution is 2.22. The molecule has 1 rings (SSSR count). The van der Waals surface area contributed by atoms with Crippen LogP contribution in [0.3, 0.4) is 0 Å². The van der Waals surface area contributed by atoms with Gasteiger partial charge in [0.1, 0.15) is 6.04 Å². The predicted molar refractivity (Wildman–Crippen MR) is 67.5 cm³/mol. The molecule has 0 aliphatic rings. The highest BCUT2D eigenvalue weighted by Gasteiger charge is 2.16. The van der Waals surface area contributed by atoms with Crippen LogP contribution in [0.5, 0.6) is 0 Å². The van der Waals surface area contributed by atoms with Gasteiger partial charge in [0.2, 0.25) is 5.91 Å². The monoisotopic (exact) mass is 310 g/mol. The fourth-order valence-electron chi connectivity index (χ4n) is 1.34. The van der Waals surface area contributed by atoms with Crippen LogP contribution in [-0.4, -0.2) is 17.0 Å². The van der Waals surface area contributed by atoms with Crippen LogP contribution in [0.25, 0.3) is 0 Å². The number of aliphatic carboxylic acids is 1. The molecule has 0 saturated heterocycles. The SMILES string of the molecule is N#CC(NC(=O)CCC(=O)O)c1ccccc1Br. The molecular formula is C12H11BrN2O3. The van der Waals surface area contributed by atoms with Crippen LogP contribution in [0.2, 0.25) is 0 Å². The van der Waals surface area contributed by atoms with Crippen LogP contribution in [0.4, 0.5) is 0 Å². The number of benzene rings is 1. The molecule has 5 nitrogen and oxygen atoms in total. The number of hydrogen-bond donors (Lipinski definition) is 2. The van der Waals surface area contributed by atoms with E-state index < -0.39 is 17.9 Å². The van der Waals surface area contributed by atoms with Crippen LogP contribution in [0, 0.1) is 11.3 Å². The van der Waals surface area contributed by atoms with Gasteiger partial charge in [-0.25, -0.2) is 0 Å². The molecule has 0 fully saturated rings. The fourth-order valence-corrected chi connectivity index (χ4v) is 1.86. The second-order valence-corrected chi connectivity index (χ2v) is 4.40. The van der Waals surface area contributed by atoms with Crippen molar-refractivity contribution in [3.63, 3.8) is 0 Å². The molecule has 0 aromatic heterocycles. The number of hydrogen-bond acceptors (Lipinski definition) is 3. The van der Waals surface area contributed by atoms with E-state index in [2.05, 4.69) is 21.2 Å². The van der Waals surface area contributed by atoms with Gasteiger partial charge in [-0.1, -0.05) is 34.1 Å². The van der Waals surface area contributed by atoms with Gasteiger partial charge in [0.05, 0.1) is 12.5 Å². The molecule has 1 amide bonds. The lowest BCUT2D eigenvalue weighted by Crippen LogP contribution is -2.28. The molecule has 2 N–H and O–H groups in total. The molecule has 0 spiro atoms. The molecule has 1 unspecified atom stereocenters. The number of rotatable bonds is 5. The molecule has 1 aromatic carbocycles. The van der Waals surface area contributed by atoms with Gasteiger partial charge in [-0.2, -0.15) is 5.26 Å². The molecule has 0 heterocycles.